The lowest BCUT2D eigenvalue weighted by Gasteiger charge is -2.40. The van der Waals surface area contributed by atoms with Gasteiger partial charge in [-0.1, -0.05) is 31.2 Å². The van der Waals surface area contributed by atoms with Crippen molar-refractivity contribution in [2.24, 2.45) is 5.92 Å². The number of aryl methyl sites for hydroxylation is 1. The molecule has 0 radical (unpaired) electrons. The molecule has 2 atom stereocenters. The first-order valence-corrected chi connectivity index (χ1v) is 9.45. The molecule has 0 bridgehead atoms. The fraction of sp³-hybridized carbons (Fsp3) is 0.600. The third-order valence-corrected chi connectivity index (χ3v) is 5.52. The number of amides is 2. The summed E-state index contributed by atoms with van der Waals surface area (Å²) in [6, 6.07) is 8.70. The number of hydrogen-bond donors (Lipinski definition) is 1. The Labute approximate surface area is 162 Å². The van der Waals surface area contributed by atoms with Crippen LogP contribution in [0.4, 0.5) is 0 Å². The number of piperidine rings is 1. The van der Waals surface area contributed by atoms with Crippen LogP contribution in [0, 0.1) is 5.92 Å². The molecular weight excluding hydrogens is 350 g/mol. The SMILES string of the molecule is CCc1ccc(C2CNCCN2C(=O)C2CCCN(C(C)=O)C2)cc1.Cl. The third-order valence-electron chi connectivity index (χ3n) is 5.52. The van der Waals surface area contributed by atoms with Gasteiger partial charge in [0, 0.05) is 39.6 Å². The van der Waals surface area contributed by atoms with E-state index in [0.29, 0.717) is 6.54 Å². The minimum absolute atomic E-state index is 0. The zero-order valence-corrected chi connectivity index (χ0v) is 16.6. The van der Waals surface area contributed by atoms with E-state index in [1.165, 1.54) is 11.1 Å². The van der Waals surface area contributed by atoms with Gasteiger partial charge in [0.25, 0.3) is 0 Å². The van der Waals surface area contributed by atoms with Crippen LogP contribution in [0.15, 0.2) is 24.3 Å². The monoisotopic (exact) mass is 379 g/mol. The smallest absolute Gasteiger partial charge is 0.228 e. The quantitative estimate of drug-likeness (QED) is 0.877. The van der Waals surface area contributed by atoms with Gasteiger partial charge >= 0.3 is 0 Å². The Hall–Kier alpha value is -1.59. The number of likely N-dealkylation sites (tertiary alicyclic amines) is 1. The van der Waals surface area contributed by atoms with E-state index >= 15 is 0 Å². The first kappa shape index (κ1) is 20.7. The number of nitrogens with one attached hydrogen (secondary N) is 1. The number of rotatable bonds is 3. The lowest BCUT2D eigenvalue weighted by atomic mass is 9.93. The van der Waals surface area contributed by atoms with Gasteiger partial charge in [-0.3, -0.25) is 9.59 Å². The largest absolute Gasteiger partial charge is 0.342 e. The predicted molar refractivity (Wildman–Crippen MR) is 105 cm³/mol. The summed E-state index contributed by atoms with van der Waals surface area (Å²) in [5.74, 6) is 0.217. The van der Waals surface area contributed by atoms with Gasteiger partial charge in [0.15, 0.2) is 0 Å². The molecular formula is C20H30ClN3O2. The molecule has 6 heteroatoms. The molecule has 144 valence electrons. The van der Waals surface area contributed by atoms with Crippen molar-refractivity contribution in [3.05, 3.63) is 35.4 Å². The molecule has 0 aliphatic carbocycles. The second-order valence-corrected chi connectivity index (χ2v) is 7.15. The van der Waals surface area contributed by atoms with Crippen LogP contribution in [0.5, 0.6) is 0 Å². The maximum absolute atomic E-state index is 13.2. The Morgan fingerprint density at radius 1 is 1.19 bits per heavy atom. The van der Waals surface area contributed by atoms with Gasteiger partial charge in [-0.15, -0.1) is 12.4 Å². The molecule has 5 nitrogen and oxygen atoms in total. The summed E-state index contributed by atoms with van der Waals surface area (Å²) in [6.07, 6.45) is 2.82. The van der Waals surface area contributed by atoms with Gasteiger partial charge < -0.3 is 15.1 Å². The van der Waals surface area contributed by atoms with Crippen molar-refractivity contribution in [1.82, 2.24) is 15.1 Å². The number of carbonyl (C=O) groups is 2. The van der Waals surface area contributed by atoms with E-state index in [1.54, 1.807) is 6.92 Å². The van der Waals surface area contributed by atoms with Crippen LogP contribution in [0.1, 0.15) is 43.9 Å². The molecule has 3 rings (SSSR count). The summed E-state index contributed by atoms with van der Waals surface area (Å²) in [5, 5.41) is 3.42. The van der Waals surface area contributed by atoms with Crippen molar-refractivity contribution in [3.63, 3.8) is 0 Å². The highest BCUT2D eigenvalue weighted by atomic mass is 35.5. The van der Waals surface area contributed by atoms with Crippen LogP contribution in [0.2, 0.25) is 0 Å². The molecule has 26 heavy (non-hydrogen) atoms. The van der Waals surface area contributed by atoms with Crippen molar-refractivity contribution >= 4 is 24.2 Å². The maximum Gasteiger partial charge on any atom is 0.228 e. The number of hydrogen-bond acceptors (Lipinski definition) is 3. The minimum atomic E-state index is -0.0619. The molecule has 2 unspecified atom stereocenters. The molecule has 2 saturated heterocycles. The number of piperazine rings is 1. The minimum Gasteiger partial charge on any atom is -0.342 e. The molecule has 2 heterocycles. The first-order chi connectivity index (χ1) is 12.1. The Bertz CT molecular complexity index is 620. The lowest BCUT2D eigenvalue weighted by Crippen LogP contribution is -2.53. The molecule has 1 aromatic carbocycles. The fourth-order valence-corrected chi connectivity index (χ4v) is 3.94. The first-order valence-electron chi connectivity index (χ1n) is 9.45. The van der Waals surface area contributed by atoms with Crippen LogP contribution in [-0.2, 0) is 16.0 Å². The highest BCUT2D eigenvalue weighted by Gasteiger charge is 2.35. The summed E-state index contributed by atoms with van der Waals surface area (Å²) in [7, 11) is 0. The van der Waals surface area contributed by atoms with Gasteiger partial charge in [0.1, 0.15) is 0 Å². The highest BCUT2D eigenvalue weighted by molar-refractivity contribution is 5.85. The van der Waals surface area contributed by atoms with Gasteiger partial charge in [0.2, 0.25) is 11.8 Å². The van der Waals surface area contributed by atoms with Gasteiger partial charge in [-0.25, -0.2) is 0 Å². The second kappa shape index (κ2) is 9.38. The average Bonchev–Trinajstić information content (AvgIpc) is 2.67. The average molecular weight is 380 g/mol. The zero-order chi connectivity index (χ0) is 17.8. The summed E-state index contributed by atoms with van der Waals surface area (Å²) in [4.78, 5) is 28.7. The summed E-state index contributed by atoms with van der Waals surface area (Å²) in [6.45, 7) is 7.45. The topological polar surface area (TPSA) is 52.7 Å². The Kier molecular flexibility index (Phi) is 7.47. The van der Waals surface area contributed by atoms with Gasteiger partial charge in [0.05, 0.1) is 12.0 Å². The Balaban J connectivity index is 0.00000243. The van der Waals surface area contributed by atoms with Crippen LogP contribution in [-0.4, -0.2) is 54.3 Å². The van der Waals surface area contributed by atoms with E-state index in [-0.39, 0.29) is 36.2 Å². The molecule has 1 aromatic rings. The van der Waals surface area contributed by atoms with Gasteiger partial charge in [-0.2, -0.15) is 0 Å². The highest BCUT2D eigenvalue weighted by Crippen LogP contribution is 2.27. The molecule has 0 spiro atoms. The van der Waals surface area contributed by atoms with E-state index in [2.05, 4.69) is 36.5 Å². The molecule has 2 amide bonds. The number of halogens is 1. The number of benzene rings is 1. The van der Waals surface area contributed by atoms with E-state index in [4.69, 9.17) is 0 Å². The van der Waals surface area contributed by atoms with Crippen LogP contribution < -0.4 is 5.32 Å². The maximum atomic E-state index is 13.2. The number of nitrogens with zero attached hydrogens (tertiary/aromatic N) is 2. The predicted octanol–water partition coefficient (Wildman–Crippen LogP) is 2.40. The molecule has 2 aliphatic heterocycles. The molecule has 2 fully saturated rings. The van der Waals surface area contributed by atoms with E-state index in [1.807, 2.05) is 9.80 Å². The standard InChI is InChI=1S/C20H29N3O2.ClH/c1-3-16-6-8-17(9-7-16)19-13-21-10-12-23(19)20(25)18-5-4-11-22(14-18)15(2)24;/h6-9,18-19,21H,3-5,10-14H2,1-2H3;1H. The Morgan fingerprint density at radius 3 is 2.58 bits per heavy atom. The van der Waals surface area contributed by atoms with E-state index < -0.39 is 0 Å². The molecule has 1 N–H and O–H groups in total. The van der Waals surface area contributed by atoms with Gasteiger partial charge in [-0.05, 0) is 30.4 Å². The fourth-order valence-electron chi connectivity index (χ4n) is 3.94. The third kappa shape index (κ3) is 4.57. The second-order valence-electron chi connectivity index (χ2n) is 7.15. The van der Waals surface area contributed by atoms with Crippen LogP contribution in [0.3, 0.4) is 0 Å². The zero-order valence-electron chi connectivity index (χ0n) is 15.7. The van der Waals surface area contributed by atoms with E-state index in [9.17, 15) is 9.59 Å². The van der Waals surface area contributed by atoms with Crippen LogP contribution in [0.25, 0.3) is 0 Å². The van der Waals surface area contributed by atoms with Crippen molar-refractivity contribution in [2.45, 2.75) is 39.2 Å². The normalized spacial score (nSPS) is 23.3. The lowest BCUT2D eigenvalue weighted by molar-refractivity contribution is -0.143. The summed E-state index contributed by atoms with van der Waals surface area (Å²) >= 11 is 0. The van der Waals surface area contributed by atoms with Crippen molar-refractivity contribution in [2.75, 3.05) is 32.7 Å². The molecule has 0 saturated carbocycles. The van der Waals surface area contributed by atoms with Crippen molar-refractivity contribution in [3.8, 4) is 0 Å². The van der Waals surface area contributed by atoms with Crippen LogP contribution >= 0.6 is 12.4 Å². The number of carbonyl (C=O) groups excluding carboxylic acids is 2. The van der Waals surface area contributed by atoms with Crippen molar-refractivity contribution in [1.29, 1.82) is 0 Å². The van der Waals surface area contributed by atoms with Crippen molar-refractivity contribution < 1.29 is 9.59 Å². The summed E-state index contributed by atoms with van der Waals surface area (Å²) in [5.41, 5.74) is 2.51. The molecule has 2 aliphatic rings. The summed E-state index contributed by atoms with van der Waals surface area (Å²) < 4.78 is 0. The van der Waals surface area contributed by atoms with E-state index in [0.717, 1.165) is 45.4 Å². The Morgan fingerprint density at radius 2 is 1.92 bits per heavy atom. The molecule has 0 aromatic heterocycles.